The molecule has 2 nitrogen and oxygen atoms in total. The normalized spacial score (nSPS) is 15.9. The van der Waals surface area contributed by atoms with Crippen LogP contribution in [-0.2, 0) is 0 Å². The lowest BCUT2D eigenvalue weighted by Gasteiger charge is -2.28. The molecule has 0 unspecified atom stereocenters. The van der Waals surface area contributed by atoms with E-state index in [2.05, 4.69) is 40.7 Å². The third-order valence-corrected chi connectivity index (χ3v) is 3.42. The van der Waals surface area contributed by atoms with Gasteiger partial charge in [0.15, 0.2) is 0 Å². The molecule has 15 heavy (non-hydrogen) atoms. The fraction of sp³-hybridized carbons (Fsp3) is 0.455. The van der Waals surface area contributed by atoms with Crippen LogP contribution in [0.5, 0.6) is 0 Å². The minimum absolute atomic E-state index is 0. The van der Waals surface area contributed by atoms with Crippen molar-refractivity contribution in [3.05, 3.63) is 24.3 Å². The van der Waals surface area contributed by atoms with Gasteiger partial charge in [0.25, 0.3) is 0 Å². The summed E-state index contributed by atoms with van der Waals surface area (Å²) in [6, 6.07) is 8.69. The van der Waals surface area contributed by atoms with Crippen LogP contribution in [0.15, 0.2) is 29.2 Å². The highest BCUT2D eigenvalue weighted by Crippen LogP contribution is 2.27. The second kappa shape index (κ2) is 6.26. The number of anilines is 1. The molecule has 1 aromatic carbocycles. The molecule has 0 atom stereocenters. The second-order valence-electron chi connectivity index (χ2n) is 3.52. The quantitative estimate of drug-likeness (QED) is 0.596. The topological polar surface area (TPSA) is 19.9 Å². The van der Waals surface area contributed by atoms with E-state index in [1.165, 1.54) is 36.8 Å². The van der Waals surface area contributed by atoms with Gasteiger partial charge in [0.2, 0.25) is 0 Å². The molecule has 0 spiro atoms. The van der Waals surface area contributed by atoms with E-state index in [4.69, 9.17) is 0 Å². The summed E-state index contributed by atoms with van der Waals surface area (Å²) in [7, 11) is 0. The first-order valence-electron chi connectivity index (χ1n) is 5.11. The van der Waals surface area contributed by atoms with Gasteiger partial charge in [0.1, 0.15) is 0 Å². The number of nitrogens with zero attached hydrogens (tertiary/aromatic N) is 1. The number of piperazine rings is 1. The molecule has 1 heterocycles. The summed E-state index contributed by atoms with van der Waals surface area (Å²) in [5.74, 6) is 0. The lowest BCUT2D eigenvalue weighted by Crippen LogP contribution is -3.00. The first-order chi connectivity index (χ1) is 6.92. The highest BCUT2D eigenvalue weighted by Gasteiger charge is 2.14. The van der Waals surface area contributed by atoms with Crippen molar-refractivity contribution in [2.24, 2.45) is 0 Å². The summed E-state index contributed by atoms with van der Waals surface area (Å²) >= 11 is 1.84. The van der Waals surface area contributed by atoms with Crippen LogP contribution in [0.2, 0.25) is 0 Å². The van der Waals surface area contributed by atoms with Crippen LogP contribution in [0, 0.1) is 0 Å². The standard InChI is InChI=1S/C11H16N2S.ClH/c1-14-11-5-3-2-4-10(11)13-8-6-12-7-9-13;/h2-5,12H,6-9H2,1H3;1H. The molecule has 1 fully saturated rings. The Morgan fingerprint density at radius 1 is 1.20 bits per heavy atom. The Bertz CT molecular complexity index is 300. The minimum atomic E-state index is 0. The third-order valence-electron chi connectivity index (χ3n) is 2.63. The maximum atomic E-state index is 2.49. The molecule has 4 heteroatoms. The highest BCUT2D eigenvalue weighted by atomic mass is 35.5. The monoisotopic (exact) mass is 244 g/mol. The number of thioether (sulfide) groups is 1. The first kappa shape index (κ1) is 12.7. The number of hydrogen-bond acceptors (Lipinski definition) is 2. The van der Waals surface area contributed by atoms with Crippen LogP contribution in [-0.4, -0.2) is 32.4 Å². The summed E-state index contributed by atoms with van der Waals surface area (Å²) < 4.78 is 0. The van der Waals surface area contributed by atoms with Gasteiger partial charge in [-0.1, -0.05) is 12.1 Å². The molecular formula is C11H17ClN2S. The molecule has 0 radical (unpaired) electrons. The zero-order valence-corrected chi connectivity index (χ0v) is 10.5. The molecule has 1 aliphatic rings. The Balaban J connectivity index is 0.00000112. The Morgan fingerprint density at radius 2 is 1.87 bits per heavy atom. The van der Waals surface area contributed by atoms with Crippen molar-refractivity contribution in [3.8, 4) is 0 Å². The second-order valence-corrected chi connectivity index (χ2v) is 4.37. The molecule has 0 saturated carbocycles. The number of rotatable bonds is 2. The number of nitrogens with two attached hydrogens (primary N) is 1. The van der Waals surface area contributed by atoms with E-state index in [9.17, 15) is 0 Å². The van der Waals surface area contributed by atoms with Crippen molar-refractivity contribution >= 4 is 17.4 Å². The largest absolute Gasteiger partial charge is 1.00 e. The van der Waals surface area contributed by atoms with Gasteiger partial charge >= 0.3 is 0 Å². The zero-order chi connectivity index (χ0) is 9.80. The maximum Gasteiger partial charge on any atom is 0.0934 e. The number of para-hydroxylation sites is 1. The van der Waals surface area contributed by atoms with E-state index in [1.807, 2.05) is 11.8 Å². The zero-order valence-electron chi connectivity index (χ0n) is 8.95. The summed E-state index contributed by atoms with van der Waals surface area (Å²) in [5, 5.41) is 2.39. The maximum absolute atomic E-state index is 2.49. The minimum Gasteiger partial charge on any atom is -1.00 e. The highest BCUT2D eigenvalue weighted by molar-refractivity contribution is 7.98. The van der Waals surface area contributed by atoms with Crippen LogP contribution >= 0.6 is 11.8 Å². The van der Waals surface area contributed by atoms with Crippen molar-refractivity contribution in [1.29, 1.82) is 0 Å². The van der Waals surface area contributed by atoms with Gasteiger partial charge in [-0.3, -0.25) is 0 Å². The third kappa shape index (κ3) is 3.03. The SMILES string of the molecule is CSc1ccccc1N1CC[NH2+]CC1.[Cl-]. The van der Waals surface area contributed by atoms with Crippen LogP contribution in [0.3, 0.4) is 0 Å². The van der Waals surface area contributed by atoms with Crippen molar-refractivity contribution in [1.82, 2.24) is 0 Å². The van der Waals surface area contributed by atoms with Crippen LogP contribution in [0.1, 0.15) is 0 Å². The fourth-order valence-electron chi connectivity index (χ4n) is 1.88. The Hall–Kier alpha value is -0.380. The summed E-state index contributed by atoms with van der Waals surface area (Å²) in [6.07, 6.45) is 2.15. The molecule has 0 aliphatic carbocycles. The lowest BCUT2D eigenvalue weighted by molar-refractivity contribution is -0.655. The lowest BCUT2D eigenvalue weighted by atomic mass is 10.2. The molecule has 0 amide bonds. The van der Waals surface area contributed by atoms with E-state index in [0.29, 0.717) is 0 Å². The van der Waals surface area contributed by atoms with Gasteiger partial charge in [-0.25, -0.2) is 0 Å². The van der Waals surface area contributed by atoms with Gasteiger partial charge in [-0.2, -0.15) is 0 Å². The van der Waals surface area contributed by atoms with Crippen molar-refractivity contribution in [2.75, 3.05) is 37.3 Å². The van der Waals surface area contributed by atoms with Gasteiger partial charge in [-0.05, 0) is 18.4 Å². The Kier molecular flexibility index (Phi) is 5.29. The first-order valence-corrected chi connectivity index (χ1v) is 6.34. The van der Waals surface area contributed by atoms with E-state index in [0.717, 1.165) is 0 Å². The van der Waals surface area contributed by atoms with E-state index in [-0.39, 0.29) is 12.4 Å². The van der Waals surface area contributed by atoms with Gasteiger partial charge in [0.05, 0.1) is 31.9 Å². The Labute approximate surface area is 102 Å². The summed E-state index contributed by atoms with van der Waals surface area (Å²) in [5.41, 5.74) is 1.41. The van der Waals surface area contributed by atoms with E-state index >= 15 is 0 Å². The fourth-order valence-corrected chi connectivity index (χ4v) is 2.50. The smallest absolute Gasteiger partial charge is 0.0934 e. The van der Waals surface area contributed by atoms with Gasteiger partial charge in [0, 0.05) is 4.90 Å². The molecule has 0 aromatic heterocycles. The molecule has 1 aliphatic heterocycles. The van der Waals surface area contributed by atoms with Crippen LogP contribution in [0.25, 0.3) is 0 Å². The molecule has 1 aromatic rings. The number of halogens is 1. The van der Waals surface area contributed by atoms with Crippen molar-refractivity contribution in [3.63, 3.8) is 0 Å². The summed E-state index contributed by atoms with van der Waals surface area (Å²) in [4.78, 5) is 3.89. The van der Waals surface area contributed by atoms with Crippen LogP contribution < -0.4 is 22.6 Å². The van der Waals surface area contributed by atoms with Crippen molar-refractivity contribution in [2.45, 2.75) is 4.90 Å². The average Bonchev–Trinajstić information content (AvgIpc) is 2.30. The predicted molar refractivity (Wildman–Crippen MR) is 62.1 cm³/mol. The summed E-state index contributed by atoms with van der Waals surface area (Å²) in [6.45, 7) is 4.81. The van der Waals surface area contributed by atoms with Gasteiger partial charge < -0.3 is 22.6 Å². The van der Waals surface area contributed by atoms with Crippen LogP contribution in [0.4, 0.5) is 5.69 Å². The molecular weight excluding hydrogens is 228 g/mol. The molecule has 1 saturated heterocycles. The number of quaternary nitrogens is 1. The van der Waals surface area contributed by atoms with E-state index < -0.39 is 0 Å². The number of hydrogen-bond donors (Lipinski definition) is 1. The van der Waals surface area contributed by atoms with Gasteiger partial charge in [-0.15, -0.1) is 11.8 Å². The predicted octanol–water partition coefficient (Wildman–Crippen LogP) is -2.20. The average molecular weight is 245 g/mol. The molecule has 0 bridgehead atoms. The Morgan fingerprint density at radius 3 is 2.53 bits per heavy atom. The molecule has 2 rings (SSSR count). The number of benzene rings is 1. The molecule has 2 N–H and O–H groups in total. The van der Waals surface area contributed by atoms with E-state index in [1.54, 1.807) is 0 Å². The van der Waals surface area contributed by atoms with Crippen molar-refractivity contribution < 1.29 is 17.7 Å². The molecule has 84 valence electrons.